The highest BCUT2D eigenvalue weighted by Crippen LogP contribution is 2.22. The van der Waals surface area contributed by atoms with Crippen LogP contribution in [0.1, 0.15) is 24.8 Å². The summed E-state index contributed by atoms with van der Waals surface area (Å²) in [5, 5.41) is 9.19. The molecule has 2 saturated heterocycles. The van der Waals surface area contributed by atoms with Crippen molar-refractivity contribution >= 4 is 5.91 Å². The number of rotatable bonds is 5. The smallest absolute Gasteiger partial charge is 0.236 e. The Kier molecular flexibility index (Phi) is 5.68. The van der Waals surface area contributed by atoms with E-state index >= 15 is 0 Å². The molecule has 126 valence electrons. The Bertz CT molecular complexity index is 497. The number of amides is 1. The minimum atomic E-state index is 0.246. The van der Waals surface area contributed by atoms with Crippen LogP contribution in [0.2, 0.25) is 0 Å². The predicted octanol–water partition coefficient (Wildman–Crippen LogP) is 1.78. The fraction of sp³-hybridized carbons (Fsp3) is 0.632. The molecule has 0 radical (unpaired) electrons. The molecule has 1 amide bonds. The van der Waals surface area contributed by atoms with Crippen molar-refractivity contribution in [3.8, 4) is 0 Å². The van der Waals surface area contributed by atoms with Crippen molar-refractivity contribution in [2.24, 2.45) is 11.8 Å². The lowest BCUT2D eigenvalue weighted by atomic mass is 9.90. The van der Waals surface area contributed by atoms with Crippen molar-refractivity contribution in [1.29, 1.82) is 0 Å². The second kappa shape index (κ2) is 7.93. The molecular formula is C19H28N2O2. The van der Waals surface area contributed by atoms with Gasteiger partial charge in [0.25, 0.3) is 0 Å². The summed E-state index contributed by atoms with van der Waals surface area (Å²) in [6.45, 7) is 4.38. The van der Waals surface area contributed by atoms with Gasteiger partial charge in [0.1, 0.15) is 0 Å². The highest BCUT2D eigenvalue weighted by atomic mass is 16.3. The number of carbonyl (C=O) groups excluding carboxylic acids is 1. The first kappa shape index (κ1) is 16.5. The van der Waals surface area contributed by atoms with Crippen LogP contribution in [0.4, 0.5) is 0 Å². The molecule has 0 saturated carbocycles. The van der Waals surface area contributed by atoms with Crippen LogP contribution in [-0.2, 0) is 11.2 Å². The molecule has 4 heteroatoms. The first-order valence-corrected chi connectivity index (χ1v) is 8.89. The van der Waals surface area contributed by atoms with Gasteiger partial charge >= 0.3 is 0 Å². The number of piperidine rings is 1. The zero-order chi connectivity index (χ0) is 16.1. The molecule has 1 atom stereocenters. The summed E-state index contributed by atoms with van der Waals surface area (Å²) < 4.78 is 0. The van der Waals surface area contributed by atoms with Crippen LogP contribution in [0.15, 0.2) is 30.3 Å². The maximum atomic E-state index is 12.4. The van der Waals surface area contributed by atoms with Crippen molar-refractivity contribution in [2.45, 2.75) is 25.7 Å². The van der Waals surface area contributed by atoms with E-state index in [4.69, 9.17) is 0 Å². The van der Waals surface area contributed by atoms with E-state index in [1.165, 1.54) is 5.56 Å². The number of hydrogen-bond donors (Lipinski definition) is 1. The first-order valence-electron chi connectivity index (χ1n) is 8.89. The van der Waals surface area contributed by atoms with E-state index in [0.29, 0.717) is 18.4 Å². The third-order valence-electron chi connectivity index (χ3n) is 5.32. The van der Waals surface area contributed by atoms with E-state index in [0.717, 1.165) is 51.9 Å². The standard InChI is InChI=1S/C19H28N2O2/c22-15-18-6-9-20(13-18)14-19(23)21-10-7-17(8-11-21)12-16-4-2-1-3-5-16/h1-5,17-18,22H,6-15H2. The van der Waals surface area contributed by atoms with Crippen LogP contribution in [-0.4, -0.2) is 60.1 Å². The molecule has 1 unspecified atom stereocenters. The van der Waals surface area contributed by atoms with Crippen LogP contribution in [0.5, 0.6) is 0 Å². The fourth-order valence-corrected chi connectivity index (χ4v) is 3.83. The average molecular weight is 316 g/mol. The number of likely N-dealkylation sites (tertiary alicyclic amines) is 2. The van der Waals surface area contributed by atoms with E-state index in [2.05, 4.69) is 35.2 Å². The van der Waals surface area contributed by atoms with Gasteiger partial charge in [0, 0.05) is 26.2 Å². The minimum absolute atomic E-state index is 0.246. The highest BCUT2D eigenvalue weighted by Gasteiger charge is 2.27. The van der Waals surface area contributed by atoms with E-state index in [-0.39, 0.29) is 12.5 Å². The molecule has 1 aromatic rings. The summed E-state index contributed by atoms with van der Waals surface area (Å²) in [7, 11) is 0. The summed E-state index contributed by atoms with van der Waals surface area (Å²) in [4.78, 5) is 16.7. The Morgan fingerprint density at radius 1 is 1.04 bits per heavy atom. The van der Waals surface area contributed by atoms with E-state index in [9.17, 15) is 9.90 Å². The lowest BCUT2D eigenvalue weighted by Crippen LogP contribution is -2.44. The molecule has 3 rings (SSSR count). The number of aliphatic hydroxyl groups excluding tert-OH is 1. The van der Waals surface area contributed by atoms with Gasteiger partial charge in [-0.25, -0.2) is 0 Å². The molecule has 23 heavy (non-hydrogen) atoms. The molecule has 0 aromatic heterocycles. The van der Waals surface area contributed by atoms with Gasteiger partial charge in [0.2, 0.25) is 5.91 Å². The zero-order valence-corrected chi connectivity index (χ0v) is 13.9. The molecule has 0 aliphatic carbocycles. The lowest BCUT2D eigenvalue weighted by molar-refractivity contribution is -0.133. The molecule has 1 N–H and O–H groups in total. The number of aliphatic hydroxyl groups is 1. The van der Waals surface area contributed by atoms with Gasteiger partial charge in [-0.3, -0.25) is 9.69 Å². The summed E-state index contributed by atoms with van der Waals surface area (Å²) in [5.74, 6) is 1.33. The number of carbonyl (C=O) groups is 1. The third kappa shape index (κ3) is 4.55. The summed E-state index contributed by atoms with van der Waals surface area (Å²) in [6, 6.07) is 10.7. The Hall–Kier alpha value is -1.39. The van der Waals surface area contributed by atoms with Gasteiger partial charge in [0.15, 0.2) is 0 Å². The summed E-state index contributed by atoms with van der Waals surface area (Å²) in [5.41, 5.74) is 1.41. The lowest BCUT2D eigenvalue weighted by Gasteiger charge is -2.33. The molecule has 0 spiro atoms. The third-order valence-corrected chi connectivity index (χ3v) is 5.32. The molecule has 1 aromatic carbocycles. The predicted molar refractivity (Wildman–Crippen MR) is 91.1 cm³/mol. The van der Waals surface area contributed by atoms with Gasteiger partial charge in [0.05, 0.1) is 6.54 Å². The summed E-state index contributed by atoms with van der Waals surface area (Å²) >= 11 is 0. The average Bonchev–Trinajstić information content (AvgIpc) is 3.04. The van der Waals surface area contributed by atoms with Gasteiger partial charge < -0.3 is 10.0 Å². The maximum absolute atomic E-state index is 12.4. The molecule has 4 nitrogen and oxygen atoms in total. The maximum Gasteiger partial charge on any atom is 0.236 e. The van der Waals surface area contributed by atoms with Gasteiger partial charge in [-0.1, -0.05) is 30.3 Å². The first-order chi connectivity index (χ1) is 11.2. The topological polar surface area (TPSA) is 43.8 Å². The normalized spacial score (nSPS) is 23.3. The quantitative estimate of drug-likeness (QED) is 0.900. The molecule has 2 aliphatic heterocycles. The van der Waals surface area contributed by atoms with E-state index < -0.39 is 0 Å². The Morgan fingerprint density at radius 3 is 2.39 bits per heavy atom. The van der Waals surface area contributed by atoms with Crippen molar-refractivity contribution in [2.75, 3.05) is 39.3 Å². The fourth-order valence-electron chi connectivity index (χ4n) is 3.83. The highest BCUT2D eigenvalue weighted by molar-refractivity contribution is 5.78. The zero-order valence-electron chi connectivity index (χ0n) is 13.9. The largest absolute Gasteiger partial charge is 0.396 e. The monoisotopic (exact) mass is 316 g/mol. The Balaban J connectivity index is 1.41. The van der Waals surface area contributed by atoms with Crippen molar-refractivity contribution < 1.29 is 9.90 Å². The van der Waals surface area contributed by atoms with Crippen LogP contribution in [0, 0.1) is 11.8 Å². The number of hydrogen-bond acceptors (Lipinski definition) is 3. The molecule has 2 aliphatic rings. The van der Waals surface area contributed by atoms with Gasteiger partial charge in [-0.05, 0) is 49.6 Å². The Morgan fingerprint density at radius 2 is 1.74 bits per heavy atom. The van der Waals surface area contributed by atoms with Crippen LogP contribution >= 0.6 is 0 Å². The Labute approximate surface area is 139 Å². The molecule has 0 bridgehead atoms. The SMILES string of the molecule is O=C(CN1CCC(CO)C1)N1CCC(Cc2ccccc2)CC1. The minimum Gasteiger partial charge on any atom is -0.396 e. The number of nitrogens with zero attached hydrogens (tertiary/aromatic N) is 2. The molecule has 2 heterocycles. The van der Waals surface area contributed by atoms with Crippen LogP contribution in [0.25, 0.3) is 0 Å². The molecular weight excluding hydrogens is 288 g/mol. The number of benzene rings is 1. The van der Waals surface area contributed by atoms with E-state index in [1.807, 2.05) is 4.90 Å². The van der Waals surface area contributed by atoms with Crippen LogP contribution in [0.3, 0.4) is 0 Å². The van der Waals surface area contributed by atoms with Crippen LogP contribution < -0.4 is 0 Å². The second-order valence-electron chi connectivity index (χ2n) is 7.09. The van der Waals surface area contributed by atoms with Gasteiger partial charge in [-0.15, -0.1) is 0 Å². The van der Waals surface area contributed by atoms with Crippen molar-refractivity contribution in [3.05, 3.63) is 35.9 Å². The van der Waals surface area contributed by atoms with Crippen molar-refractivity contribution in [3.63, 3.8) is 0 Å². The second-order valence-corrected chi connectivity index (χ2v) is 7.09. The molecule has 2 fully saturated rings. The van der Waals surface area contributed by atoms with E-state index in [1.54, 1.807) is 0 Å². The van der Waals surface area contributed by atoms with Crippen molar-refractivity contribution in [1.82, 2.24) is 9.80 Å². The van der Waals surface area contributed by atoms with Gasteiger partial charge in [-0.2, -0.15) is 0 Å². The summed E-state index contributed by atoms with van der Waals surface area (Å²) in [6.07, 6.45) is 4.37.